The number of nitrogens with one attached hydrogen (secondary N) is 1. The molecule has 2 heterocycles. The molecule has 2 aromatic heterocycles. The molecule has 0 amide bonds. The number of hydrogen-bond donors (Lipinski definition) is 1. The van der Waals surface area contributed by atoms with Gasteiger partial charge in [0.2, 0.25) is 5.88 Å². The summed E-state index contributed by atoms with van der Waals surface area (Å²) in [6, 6.07) is 2.66. The molecule has 0 saturated carbocycles. The maximum Gasteiger partial charge on any atom is 0.225 e. The molecule has 0 aromatic carbocycles. The molecule has 0 spiro atoms. The van der Waals surface area contributed by atoms with E-state index in [1.54, 1.807) is 17.7 Å². The van der Waals surface area contributed by atoms with Crippen molar-refractivity contribution in [1.82, 2.24) is 15.3 Å². The average Bonchev–Trinajstić information content (AvgIpc) is 2.81. The highest BCUT2D eigenvalue weighted by atomic mass is 32.1. The van der Waals surface area contributed by atoms with E-state index in [0.717, 1.165) is 29.6 Å². The molecule has 2 aromatic rings. The zero-order chi connectivity index (χ0) is 13.7. The molecular formula is C14H21N3OS. The van der Waals surface area contributed by atoms with Crippen molar-refractivity contribution < 1.29 is 4.74 Å². The van der Waals surface area contributed by atoms with Crippen LogP contribution in [0.4, 0.5) is 0 Å². The van der Waals surface area contributed by atoms with E-state index in [-0.39, 0.29) is 0 Å². The minimum Gasteiger partial charge on any atom is -0.477 e. The first-order chi connectivity index (χ1) is 9.20. The standard InChI is InChI=1S/C14H21N3OS/c1-4-11-8-12-13(16-9-17-14(12)19-11)18-7-5-6-15-10(2)3/h8-10,15H,4-7H2,1-3H3. The largest absolute Gasteiger partial charge is 0.477 e. The minimum atomic E-state index is 0.523. The number of nitrogens with zero attached hydrogens (tertiary/aromatic N) is 2. The molecule has 104 valence electrons. The van der Waals surface area contributed by atoms with Crippen molar-refractivity contribution in [3.63, 3.8) is 0 Å². The zero-order valence-electron chi connectivity index (χ0n) is 11.8. The molecule has 5 heteroatoms. The second-order valence-corrected chi connectivity index (χ2v) is 5.89. The van der Waals surface area contributed by atoms with E-state index in [1.807, 2.05) is 0 Å². The molecule has 0 aliphatic rings. The highest BCUT2D eigenvalue weighted by Gasteiger charge is 2.08. The average molecular weight is 279 g/mol. The van der Waals surface area contributed by atoms with Crippen LogP contribution in [-0.4, -0.2) is 29.2 Å². The summed E-state index contributed by atoms with van der Waals surface area (Å²) < 4.78 is 5.77. The second kappa shape index (κ2) is 6.82. The van der Waals surface area contributed by atoms with E-state index in [0.29, 0.717) is 18.5 Å². The number of aromatic nitrogens is 2. The molecule has 0 aliphatic carbocycles. The number of aryl methyl sites for hydroxylation is 1. The predicted octanol–water partition coefficient (Wildman–Crippen LogP) is 3.02. The highest BCUT2D eigenvalue weighted by molar-refractivity contribution is 7.18. The van der Waals surface area contributed by atoms with Crippen LogP contribution < -0.4 is 10.1 Å². The Morgan fingerprint density at radius 1 is 1.37 bits per heavy atom. The van der Waals surface area contributed by atoms with Gasteiger partial charge < -0.3 is 10.1 Å². The predicted molar refractivity (Wildman–Crippen MR) is 80.0 cm³/mol. The van der Waals surface area contributed by atoms with Crippen LogP contribution in [0.5, 0.6) is 5.88 Å². The van der Waals surface area contributed by atoms with Gasteiger partial charge in [0.1, 0.15) is 11.2 Å². The number of rotatable bonds is 7. The summed E-state index contributed by atoms with van der Waals surface area (Å²) in [5, 5.41) is 4.41. The lowest BCUT2D eigenvalue weighted by molar-refractivity contribution is 0.298. The van der Waals surface area contributed by atoms with Crippen LogP contribution >= 0.6 is 11.3 Å². The summed E-state index contributed by atoms with van der Waals surface area (Å²) in [6.07, 6.45) is 3.59. The normalized spacial score (nSPS) is 11.4. The lowest BCUT2D eigenvalue weighted by Gasteiger charge is -2.08. The van der Waals surface area contributed by atoms with Crippen molar-refractivity contribution in [1.29, 1.82) is 0 Å². The lowest BCUT2D eigenvalue weighted by Crippen LogP contribution is -2.24. The van der Waals surface area contributed by atoms with Gasteiger partial charge >= 0.3 is 0 Å². The summed E-state index contributed by atoms with van der Waals surface area (Å²) in [4.78, 5) is 10.9. The van der Waals surface area contributed by atoms with Crippen molar-refractivity contribution in [3.05, 3.63) is 17.3 Å². The number of hydrogen-bond acceptors (Lipinski definition) is 5. The van der Waals surface area contributed by atoms with Gasteiger partial charge in [-0.2, -0.15) is 0 Å². The fraction of sp³-hybridized carbons (Fsp3) is 0.571. The Bertz CT molecular complexity index is 524. The molecule has 0 aliphatic heterocycles. The fourth-order valence-electron chi connectivity index (χ4n) is 1.80. The first-order valence-electron chi connectivity index (χ1n) is 6.80. The van der Waals surface area contributed by atoms with E-state index in [2.05, 4.69) is 42.1 Å². The number of ether oxygens (including phenoxy) is 1. The molecule has 0 bridgehead atoms. The summed E-state index contributed by atoms with van der Waals surface area (Å²) in [7, 11) is 0. The van der Waals surface area contributed by atoms with Gasteiger partial charge in [0, 0.05) is 10.9 Å². The molecule has 0 fully saturated rings. The van der Waals surface area contributed by atoms with Crippen LogP contribution in [0.1, 0.15) is 32.1 Å². The molecular weight excluding hydrogens is 258 g/mol. The molecule has 0 saturated heterocycles. The molecule has 19 heavy (non-hydrogen) atoms. The quantitative estimate of drug-likeness (QED) is 0.791. The van der Waals surface area contributed by atoms with Gasteiger partial charge in [-0.3, -0.25) is 0 Å². The van der Waals surface area contributed by atoms with Gasteiger partial charge in [-0.15, -0.1) is 11.3 Å². The first-order valence-corrected chi connectivity index (χ1v) is 7.62. The Balaban J connectivity index is 1.94. The lowest BCUT2D eigenvalue weighted by atomic mass is 10.3. The number of thiophene rings is 1. The van der Waals surface area contributed by atoms with Gasteiger partial charge in [0.25, 0.3) is 0 Å². The van der Waals surface area contributed by atoms with Crippen molar-refractivity contribution in [2.75, 3.05) is 13.2 Å². The molecule has 1 N–H and O–H groups in total. The molecule has 0 radical (unpaired) electrons. The Kier molecular flexibility index (Phi) is 5.10. The maximum absolute atomic E-state index is 5.77. The topological polar surface area (TPSA) is 47.0 Å². The highest BCUT2D eigenvalue weighted by Crippen LogP contribution is 2.29. The Labute approximate surface area is 118 Å². The van der Waals surface area contributed by atoms with Gasteiger partial charge in [-0.1, -0.05) is 20.8 Å². The molecule has 0 unspecified atom stereocenters. The zero-order valence-corrected chi connectivity index (χ0v) is 12.6. The van der Waals surface area contributed by atoms with Crippen LogP contribution in [0.3, 0.4) is 0 Å². The van der Waals surface area contributed by atoms with Crippen LogP contribution in [-0.2, 0) is 6.42 Å². The summed E-state index contributed by atoms with van der Waals surface area (Å²) in [5.41, 5.74) is 0. The van der Waals surface area contributed by atoms with Crippen molar-refractivity contribution in [3.8, 4) is 5.88 Å². The van der Waals surface area contributed by atoms with Gasteiger partial charge in [0.15, 0.2) is 0 Å². The van der Waals surface area contributed by atoms with E-state index in [4.69, 9.17) is 4.74 Å². The Hall–Kier alpha value is -1.20. The first kappa shape index (κ1) is 14.2. The molecule has 4 nitrogen and oxygen atoms in total. The van der Waals surface area contributed by atoms with Gasteiger partial charge in [-0.25, -0.2) is 9.97 Å². The smallest absolute Gasteiger partial charge is 0.225 e. The van der Waals surface area contributed by atoms with E-state index in [9.17, 15) is 0 Å². The molecule has 0 atom stereocenters. The minimum absolute atomic E-state index is 0.523. The van der Waals surface area contributed by atoms with Crippen LogP contribution in [0.15, 0.2) is 12.4 Å². The third-order valence-electron chi connectivity index (χ3n) is 2.80. The van der Waals surface area contributed by atoms with E-state index < -0.39 is 0 Å². The van der Waals surface area contributed by atoms with Crippen LogP contribution in [0.2, 0.25) is 0 Å². The Morgan fingerprint density at radius 2 is 2.21 bits per heavy atom. The summed E-state index contributed by atoms with van der Waals surface area (Å²) in [6.45, 7) is 8.09. The summed E-state index contributed by atoms with van der Waals surface area (Å²) >= 11 is 1.72. The van der Waals surface area contributed by atoms with Gasteiger partial charge in [-0.05, 0) is 25.5 Å². The van der Waals surface area contributed by atoms with Crippen molar-refractivity contribution >= 4 is 21.6 Å². The fourth-order valence-corrected chi connectivity index (χ4v) is 2.73. The monoisotopic (exact) mass is 279 g/mol. The third kappa shape index (κ3) is 3.88. The SMILES string of the molecule is CCc1cc2c(OCCCNC(C)C)ncnc2s1. The van der Waals surface area contributed by atoms with E-state index >= 15 is 0 Å². The molecule has 2 rings (SSSR count). The summed E-state index contributed by atoms with van der Waals surface area (Å²) in [5.74, 6) is 0.713. The second-order valence-electron chi connectivity index (χ2n) is 4.77. The van der Waals surface area contributed by atoms with Gasteiger partial charge in [0.05, 0.1) is 12.0 Å². The third-order valence-corrected chi connectivity index (χ3v) is 3.99. The number of fused-ring (bicyclic) bond motifs is 1. The van der Waals surface area contributed by atoms with Crippen molar-refractivity contribution in [2.45, 2.75) is 39.7 Å². The van der Waals surface area contributed by atoms with Crippen LogP contribution in [0.25, 0.3) is 10.2 Å². The maximum atomic E-state index is 5.77. The van der Waals surface area contributed by atoms with E-state index in [1.165, 1.54) is 4.88 Å². The van der Waals surface area contributed by atoms with Crippen LogP contribution in [0, 0.1) is 0 Å². The Morgan fingerprint density at radius 3 is 2.95 bits per heavy atom. The van der Waals surface area contributed by atoms with Crippen molar-refractivity contribution in [2.24, 2.45) is 0 Å².